The molecule has 0 spiro atoms. The number of benzene rings is 4. The van der Waals surface area contributed by atoms with Gasteiger partial charge < -0.3 is 38.6 Å². The molecule has 2 aliphatic rings. The fourth-order valence-corrected chi connectivity index (χ4v) is 4.26. The van der Waals surface area contributed by atoms with Gasteiger partial charge in [-0.1, -0.05) is 129 Å². The molecule has 2 heterocycles. The van der Waals surface area contributed by atoms with Crippen molar-refractivity contribution in [3.05, 3.63) is 144 Å². The lowest BCUT2D eigenvalue weighted by molar-refractivity contribution is -0.154. The molecule has 2 aliphatic heterocycles. The summed E-state index contributed by atoms with van der Waals surface area (Å²) in [4.78, 5) is 65.3. The molecule has 53 heavy (non-hydrogen) atoms. The maximum absolute atomic E-state index is 11.1. The Hall–Kier alpha value is -6.38. The highest BCUT2D eigenvalue weighted by Gasteiger charge is 2.37. The number of ether oxygens (including phenoxy) is 6. The standard InChI is InChI=1S/2C10H12O3.2C9H6O4.CH4/c2*1-2-13-10(12)9(11)8-6-4-3-5-7-8;2*10-8-7(12-9(11)13-8)6-4-2-1-3-5-6;/h2*3-7,9,11H,2H2,1H3;2*1-5,7H;1H4/t2*9-;2*7-;/m1010./s1. The Morgan fingerprint density at radius 1 is 0.547 bits per heavy atom. The minimum atomic E-state index is -1.17. The van der Waals surface area contributed by atoms with Gasteiger partial charge in [-0.15, -0.1) is 0 Å². The molecule has 6 rings (SSSR count). The van der Waals surface area contributed by atoms with Crippen LogP contribution in [0.25, 0.3) is 0 Å². The number of hydrogen-bond acceptors (Lipinski definition) is 14. The Morgan fingerprint density at radius 3 is 1.08 bits per heavy atom. The molecule has 14 heteroatoms. The summed E-state index contributed by atoms with van der Waals surface area (Å²) in [5, 5.41) is 18.9. The highest BCUT2D eigenvalue weighted by molar-refractivity contribution is 5.92. The van der Waals surface area contributed by atoms with Crippen LogP contribution in [-0.2, 0) is 47.6 Å². The molecule has 2 fully saturated rings. The Morgan fingerprint density at radius 2 is 0.830 bits per heavy atom. The number of esters is 4. The summed E-state index contributed by atoms with van der Waals surface area (Å²) >= 11 is 0. The lowest BCUT2D eigenvalue weighted by Gasteiger charge is -2.08. The van der Waals surface area contributed by atoms with Gasteiger partial charge >= 0.3 is 36.2 Å². The Bertz CT molecular complexity index is 1620. The third kappa shape index (κ3) is 13.7. The topological polar surface area (TPSA) is 198 Å². The van der Waals surface area contributed by atoms with E-state index in [0.717, 1.165) is 0 Å². The third-order valence-electron chi connectivity index (χ3n) is 6.68. The quantitative estimate of drug-likeness (QED) is 0.121. The normalized spacial score (nSPS) is 16.3. The minimum absolute atomic E-state index is 0. The van der Waals surface area contributed by atoms with Crippen LogP contribution in [0.4, 0.5) is 9.59 Å². The van der Waals surface area contributed by atoms with Gasteiger partial charge in [-0.05, 0) is 25.0 Å². The molecule has 0 amide bonds. The van der Waals surface area contributed by atoms with E-state index >= 15 is 0 Å². The van der Waals surface area contributed by atoms with E-state index in [1.54, 1.807) is 111 Å². The zero-order valence-electron chi connectivity index (χ0n) is 28.1. The average Bonchev–Trinajstić information content (AvgIpc) is 3.71. The SMILES string of the molecule is C.CCOC(=O)[C@@H](O)c1ccccc1.CCOC(=O)[C@H](O)c1ccccc1.O=C1OC(=O)[C@@H](c2ccccc2)O1.O=C1OC(=O)[C@H](c2ccccc2)O1. The van der Waals surface area contributed by atoms with Crippen LogP contribution in [0.3, 0.4) is 0 Å². The lowest BCUT2D eigenvalue weighted by atomic mass is 10.1. The van der Waals surface area contributed by atoms with E-state index in [1.165, 1.54) is 0 Å². The fraction of sp³-hybridized carbons (Fsp3) is 0.231. The Balaban J connectivity index is 0.000000243. The molecule has 0 saturated carbocycles. The van der Waals surface area contributed by atoms with E-state index in [9.17, 15) is 39.0 Å². The molecular weight excluding hydrogens is 692 g/mol. The fourth-order valence-electron chi connectivity index (χ4n) is 4.26. The van der Waals surface area contributed by atoms with E-state index in [4.69, 9.17) is 0 Å². The molecule has 0 aromatic heterocycles. The first-order chi connectivity index (χ1) is 25.0. The molecule has 4 aromatic rings. The molecule has 2 saturated heterocycles. The van der Waals surface area contributed by atoms with Crippen molar-refractivity contribution in [1.29, 1.82) is 0 Å². The molecular formula is C39H40O14. The summed E-state index contributed by atoms with van der Waals surface area (Å²) in [6.07, 6.45) is -5.98. The van der Waals surface area contributed by atoms with Crippen LogP contribution in [0.15, 0.2) is 121 Å². The van der Waals surface area contributed by atoms with Gasteiger partial charge in [0.2, 0.25) is 12.2 Å². The van der Waals surface area contributed by atoms with Gasteiger partial charge in [0.05, 0.1) is 13.2 Å². The Labute approximate surface area is 305 Å². The van der Waals surface area contributed by atoms with Crippen molar-refractivity contribution in [2.75, 3.05) is 13.2 Å². The van der Waals surface area contributed by atoms with Crippen LogP contribution in [0, 0.1) is 0 Å². The predicted molar refractivity (Wildman–Crippen MR) is 186 cm³/mol. The molecule has 2 N–H and O–H groups in total. The molecule has 0 unspecified atom stereocenters. The highest BCUT2D eigenvalue weighted by Crippen LogP contribution is 2.25. The van der Waals surface area contributed by atoms with Crippen molar-refractivity contribution in [3.63, 3.8) is 0 Å². The van der Waals surface area contributed by atoms with Crippen LogP contribution in [0.1, 0.15) is 67.9 Å². The molecule has 4 aromatic carbocycles. The molecule has 14 nitrogen and oxygen atoms in total. The summed E-state index contributed by atoms with van der Waals surface area (Å²) in [7, 11) is 0. The maximum Gasteiger partial charge on any atom is 0.517 e. The smallest absolute Gasteiger partial charge is 0.464 e. The van der Waals surface area contributed by atoms with E-state index < -0.39 is 60.6 Å². The first-order valence-corrected chi connectivity index (χ1v) is 15.8. The number of carbonyl (C=O) groups is 6. The van der Waals surface area contributed by atoms with Crippen LogP contribution in [0.2, 0.25) is 0 Å². The van der Waals surface area contributed by atoms with Crippen molar-refractivity contribution < 1.29 is 67.4 Å². The number of carbonyl (C=O) groups excluding carboxylic acids is 6. The number of aliphatic hydroxyl groups is 2. The number of rotatable bonds is 8. The maximum atomic E-state index is 11.1. The number of cyclic esters (lactones) is 6. The van der Waals surface area contributed by atoms with Gasteiger partial charge in [0.25, 0.3) is 0 Å². The second-order valence-electron chi connectivity index (χ2n) is 10.3. The molecule has 4 atom stereocenters. The first kappa shape index (κ1) is 42.8. The van der Waals surface area contributed by atoms with Gasteiger partial charge in [0, 0.05) is 11.1 Å². The van der Waals surface area contributed by atoms with Crippen LogP contribution in [-0.4, -0.2) is 59.6 Å². The lowest BCUT2D eigenvalue weighted by Crippen LogP contribution is -2.15. The van der Waals surface area contributed by atoms with Crippen molar-refractivity contribution in [3.8, 4) is 0 Å². The van der Waals surface area contributed by atoms with Crippen molar-refractivity contribution >= 4 is 36.2 Å². The molecule has 0 bridgehead atoms. The summed E-state index contributed by atoms with van der Waals surface area (Å²) in [5.74, 6) is -2.52. The van der Waals surface area contributed by atoms with Crippen LogP contribution >= 0.6 is 0 Å². The second kappa shape index (κ2) is 22.4. The van der Waals surface area contributed by atoms with Crippen molar-refractivity contribution in [1.82, 2.24) is 0 Å². The van der Waals surface area contributed by atoms with E-state index in [0.29, 0.717) is 22.3 Å². The monoisotopic (exact) mass is 732 g/mol. The van der Waals surface area contributed by atoms with Gasteiger partial charge in [0.15, 0.2) is 12.2 Å². The first-order valence-electron chi connectivity index (χ1n) is 15.8. The largest absolute Gasteiger partial charge is 0.517 e. The number of hydrogen-bond donors (Lipinski definition) is 2. The second-order valence-corrected chi connectivity index (χ2v) is 10.3. The summed E-state index contributed by atoms with van der Waals surface area (Å²) in [6, 6.07) is 34.9. The van der Waals surface area contributed by atoms with Crippen LogP contribution in [0.5, 0.6) is 0 Å². The Kier molecular flexibility index (Phi) is 18.1. The number of aliphatic hydroxyl groups excluding tert-OH is 2. The summed E-state index contributed by atoms with van der Waals surface area (Å²) < 4.78 is 27.1. The highest BCUT2D eigenvalue weighted by atomic mass is 16.8. The molecule has 0 aliphatic carbocycles. The summed E-state index contributed by atoms with van der Waals surface area (Å²) in [6.45, 7) is 3.97. The zero-order chi connectivity index (χ0) is 37.9. The van der Waals surface area contributed by atoms with Gasteiger partial charge in [0.1, 0.15) is 0 Å². The van der Waals surface area contributed by atoms with Crippen molar-refractivity contribution in [2.24, 2.45) is 0 Å². The third-order valence-corrected chi connectivity index (χ3v) is 6.68. The zero-order valence-corrected chi connectivity index (χ0v) is 28.1. The summed E-state index contributed by atoms with van der Waals surface area (Å²) in [5.41, 5.74) is 2.36. The van der Waals surface area contributed by atoms with Gasteiger partial charge in [-0.3, -0.25) is 0 Å². The van der Waals surface area contributed by atoms with Gasteiger partial charge in [-0.2, -0.15) is 0 Å². The van der Waals surface area contributed by atoms with E-state index in [-0.39, 0.29) is 20.6 Å². The average molecular weight is 733 g/mol. The minimum Gasteiger partial charge on any atom is -0.464 e. The van der Waals surface area contributed by atoms with E-state index in [1.807, 2.05) is 24.3 Å². The predicted octanol–water partition coefficient (Wildman–Crippen LogP) is 6.04. The molecule has 0 radical (unpaired) electrons. The van der Waals surface area contributed by atoms with E-state index in [2.05, 4.69) is 28.4 Å². The molecule has 280 valence electrons. The van der Waals surface area contributed by atoms with Crippen LogP contribution < -0.4 is 0 Å². The van der Waals surface area contributed by atoms with Gasteiger partial charge in [-0.25, -0.2) is 28.8 Å². The van der Waals surface area contributed by atoms with Crippen molar-refractivity contribution in [2.45, 2.75) is 45.7 Å².